The smallest absolute Gasteiger partial charge is 0.272 e. The Hall–Kier alpha value is -2.67. The van der Waals surface area contributed by atoms with Crippen LogP contribution in [-0.4, -0.2) is 22.3 Å². The average molecular weight is 293 g/mol. The van der Waals surface area contributed by atoms with Crippen LogP contribution in [0, 0.1) is 18.3 Å². The summed E-state index contributed by atoms with van der Waals surface area (Å²) >= 11 is 0. The van der Waals surface area contributed by atoms with Crippen LogP contribution in [-0.2, 0) is 6.54 Å². The van der Waals surface area contributed by atoms with E-state index in [1.807, 2.05) is 38.1 Å². The number of aryl methyl sites for hydroxylation is 1. The molecule has 0 saturated carbocycles. The van der Waals surface area contributed by atoms with Gasteiger partial charge < -0.3 is 4.90 Å². The Morgan fingerprint density at radius 2 is 1.95 bits per heavy atom. The molecule has 0 bridgehead atoms. The molecule has 22 heavy (non-hydrogen) atoms. The van der Waals surface area contributed by atoms with Crippen molar-refractivity contribution in [1.82, 2.24) is 9.88 Å². The number of pyridine rings is 1. The second-order valence-corrected chi connectivity index (χ2v) is 5.20. The van der Waals surface area contributed by atoms with Crippen molar-refractivity contribution in [2.45, 2.75) is 26.8 Å². The number of carbonyl (C=O) groups excluding carboxylic acids is 1. The van der Waals surface area contributed by atoms with Crippen molar-refractivity contribution in [1.29, 1.82) is 5.26 Å². The zero-order valence-corrected chi connectivity index (χ0v) is 12.9. The topological polar surface area (TPSA) is 57.0 Å². The van der Waals surface area contributed by atoms with Gasteiger partial charge in [0.25, 0.3) is 5.91 Å². The summed E-state index contributed by atoms with van der Waals surface area (Å²) in [4.78, 5) is 18.7. The molecule has 0 spiro atoms. The fourth-order valence-electron chi connectivity index (χ4n) is 2.25. The maximum Gasteiger partial charge on any atom is 0.272 e. The first-order chi connectivity index (χ1) is 10.6. The van der Waals surface area contributed by atoms with Crippen molar-refractivity contribution >= 4 is 5.91 Å². The number of amides is 1. The lowest BCUT2D eigenvalue weighted by atomic mass is 10.1. The van der Waals surface area contributed by atoms with Crippen LogP contribution >= 0.6 is 0 Å². The van der Waals surface area contributed by atoms with Gasteiger partial charge in [-0.25, -0.2) is 4.98 Å². The molecule has 0 aliphatic rings. The predicted molar refractivity (Wildman–Crippen MR) is 85.2 cm³/mol. The summed E-state index contributed by atoms with van der Waals surface area (Å²) in [7, 11) is 0. The molecular formula is C18H19N3O. The Bertz CT molecular complexity index is 686. The molecule has 1 amide bonds. The number of rotatable bonds is 5. The number of nitrogens with zero attached hydrogens (tertiary/aromatic N) is 3. The van der Waals surface area contributed by atoms with E-state index in [1.165, 1.54) is 0 Å². The van der Waals surface area contributed by atoms with Crippen LogP contribution in [0.2, 0.25) is 0 Å². The Labute approximate surface area is 131 Å². The van der Waals surface area contributed by atoms with Gasteiger partial charge in [0, 0.05) is 18.8 Å². The Morgan fingerprint density at radius 1 is 1.23 bits per heavy atom. The van der Waals surface area contributed by atoms with Gasteiger partial charge in [-0.2, -0.15) is 5.26 Å². The van der Waals surface area contributed by atoms with Crippen molar-refractivity contribution in [2.24, 2.45) is 0 Å². The molecule has 0 aliphatic heterocycles. The van der Waals surface area contributed by atoms with E-state index < -0.39 is 0 Å². The highest BCUT2D eigenvalue weighted by Gasteiger charge is 2.16. The molecule has 1 aromatic carbocycles. The lowest BCUT2D eigenvalue weighted by molar-refractivity contribution is 0.0737. The monoisotopic (exact) mass is 293 g/mol. The molecule has 0 N–H and O–H groups in total. The number of hydrogen-bond donors (Lipinski definition) is 0. The van der Waals surface area contributed by atoms with E-state index in [2.05, 4.69) is 11.1 Å². The summed E-state index contributed by atoms with van der Waals surface area (Å²) < 4.78 is 0. The van der Waals surface area contributed by atoms with Crippen LogP contribution in [0.4, 0.5) is 0 Å². The van der Waals surface area contributed by atoms with Crippen LogP contribution in [0.5, 0.6) is 0 Å². The first kappa shape index (κ1) is 15.7. The molecule has 112 valence electrons. The number of aromatic nitrogens is 1. The normalized spacial score (nSPS) is 10.0. The molecule has 0 atom stereocenters. The van der Waals surface area contributed by atoms with Gasteiger partial charge in [-0.1, -0.05) is 25.1 Å². The number of hydrogen-bond acceptors (Lipinski definition) is 3. The van der Waals surface area contributed by atoms with E-state index in [0.29, 0.717) is 24.3 Å². The minimum absolute atomic E-state index is 0.0603. The van der Waals surface area contributed by atoms with Gasteiger partial charge in [-0.3, -0.25) is 4.79 Å². The van der Waals surface area contributed by atoms with Crippen molar-refractivity contribution in [3.8, 4) is 6.07 Å². The molecular weight excluding hydrogens is 274 g/mol. The standard InChI is InChI=1S/C18H19N3O/c1-3-11-21(13-16-9-7-15(12-19)8-10-16)18(22)17-6-4-5-14(2)20-17/h4-10H,3,11,13H2,1-2H3. The Kier molecular flexibility index (Phi) is 5.26. The molecule has 2 rings (SSSR count). The number of nitriles is 1. The third-order valence-electron chi connectivity index (χ3n) is 3.34. The van der Waals surface area contributed by atoms with Crippen LogP contribution < -0.4 is 0 Å². The van der Waals surface area contributed by atoms with Crippen molar-refractivity contribution in [3.05, 3.63) is 65.0 Å². The van der Waals surface area contributed by atoms with E-state index in [1.54, 1.807) is 23.1 Å². The molecule has 4 nitrogen and oxygen atoms in total. The second-order valence-electron chi connectivity index (χ2n) is 5.20. The van der Waals surface area contributed by atoms with E-state index in [4.69, 9.17) is 5.26 Å². The zero-order chi connectivity index (χ0) is 15.9. The van der Waals surface area contributed by atoms with Crippen molar-refractivity contribution < 1.29 is 4.79 Å². The summed E-state index contributed by atoms with van der Waals surface area (Å²) in [5.41, 5.74) is 2.94. The van der Waals surface area contributed by atoms with E-state index in [0.717, 1.165) is 17.7 Å². The predicted octanol–water partition coefficient (Wildman–Crippen LogP) is 3.31. The third kappa shape index (κ3) is 3.92. The highest BCUT2D eigenvalue weighted by atomic mass is 16.2. The molecule has 0 unspecified atom stereocenters. The van der Waals surface area contributed by atoms with Gasteiger partial charge in [0.2, 0.25) is 0 Å². The average Bonchev–Trinajstić information content (AvgIpc) is 2.54. The Morgan fingerprint density at radius 3 is 2.55 bits per heavy atom. The summed E-state index contributed by atoms with van der Waals surface area (Å²) in [6, 6.07) is 14.9. The summed E-state index contributed by atoms with van der Waals surface area (Å²) in [5.74, 6) is -0.0603. The van der Waals surface area contributed by atoms with Crippen LogP contribution in [0.25, 0.3) is 0 Å². The minimum Gasteiger partial charge on any atom is -0.333 e. The fourth-order valence-corrected chi connectivity index (χ4v) is 2.25. The molecule has 2 aromatic rings. The second kappa shape index (κ2) is 7.37. The zero-order valence-electron chi connectivity index (χ0n) is 12.9. The molecule has 0 saturated heterocycles. The van der Waals surface area contributed by atoms with Gasteiger partial charge in [0.05, 0.1) is 11.6 Å². The van der Waals surface area contributed by atoms with Gasteiger partial charge in [0.15, 0.2) is 0 Å². The van der Waals surface area contributed by atoms with E-state index in [-0.39, 0.29) is 5.91 Å². The summed E-state index contributed by atoms with van der Waals surface area (Å²) in [5, 5.41) is 8.83. The van der Waals surface area contributed by atoms with Crippen LogP contribution in [0.1, 0.15) is 40.7 Å². The van der Waals surface area contributed by atoms with E-state index >= 15 is 0 Å². The van der Waals surface area contributed by atoms with Gasteiger partial charge in [0.1, 0.15) is 5.69 Å². The number of carbonyl (C=O) groups is 1. The summed E-state index contributed by atoms with van der Waals surface area (Å²) in [6.07, 6.45) is 0.883. The molecule has 0 radical (unpaired) electrons. The van der Waals surface area contributed by atoms with Gasteiger partial charge >= 0.3 is 0 Å². The van der Waals surface area contributed by atoms with Crippen LogP contribution in [0.3, 0.4) is 0 Å². The molecule has 1 aromatic heterocycles. The van der Waals surface area contributed by atoms with Crippen molar-refractivity contribution in [2.75, 3.05) is 6.54 Å². The summed E-state index contributed by atoms with van der Waals surface area (Å²) in [6.45, 7) is 5.12. The highest BCUT2D eigenvalue weighted by Crippen LogP contribution is 2.11. The first-order valence-corrected chi connectivity index (χ1v) is 7.36. The largest absolute Gasteiger partial charge is 0.333 e. The minimum atomic E-state index is -0.0603. The maximum atomic E-state index is 12.6. The number of benzene rings is 1. The molecule has 4 heteroatoms. The van der Waals surface area contributed by atoms with Gasteiger partial charge in [-0.05, 0) is 43.2 Å². The maximum absolute atomic E-state index is 12.6. The fraction of sp³-hybridized carbons (Fsp3) is 0.278. The Balaban J connectivity index is 2.18. The lowest BCUT2D eigenvalue weighted by Gasteiger charge is -2.22. The van der Waals surface area contributed by atoms with Gasteiger partial charge in [-0.15, -0.1) is 0 Å². The van der Waals surface area contributed by atoms with Crippen LogP contribution in [0.15, 0.2) is 42.5 Å². The molecule has 1 heterocycles. The molecule has 0 fully saturated rings. The van der Waals surface area contributed by atoms with Crippen molar-refractivity contribution in [3.63, 3.8) is 0 Å². The molecule has 0 aliphatic carbocycles. The SMILES string of the molecule is CCCN(Cc1ccc(C#N)cc1)C(=O)c1cccc(C)n1. The van der Waals surface area contributed by atoms with E-state index in [9.17, 15) is 4.79 Å². The first-order valence-electron chi connectivity index (χ1n) is 7.36. The third-order valence-corrected chi connectivity index (χ3v) is 3.34. The lowest BCUT2D eigenvalue weighted by Crippen LogP contribution is -2.32. The quantitative estimate of drug-likeness (QED) is 0.849. The highest BCUT2D eigenvalue weighted by molar-refractivity contribution is 5.92.